The number of hydrogen-bond donors (Lipinski definition) is 1. The number of fused-ring (bicyclic) bond motifs is 1. The number of nitrogens with zero attached hydrogens (tertiary/aromatic N) is 4. The molecule has 3 amide bonds. The van der Waals surface area contributed by atoms with Crippen LogP contribution < -0.4 is 0 Å². The number of hydrogen-bond acceptors (Lipinski definition) is 7. The third-order valence-electron chi connectivity index (χ3n) is 8.60. The van der Waals surface area contributed by atoms with Gasteiger partial charge in [0.2, 0.25) is 17.7 Å². The number of carbonyl (C=O) groups is 3. The number of likely N-dealkylation sites (tertiary alicyclic amines) is 1. The van der Waals surface area contributed by atoms with Crippen LogP contribution in [0.5, 0.6) is 0 Å². The Hall–Kier alpha value is -1.88. The summed E-state index contributed by atoms with van der Waals surface area (Å²) in [6, 6.07) is -1.23. The normalized spacial score (nSPS) is 31.2. The number of morpholine rings is 1. The fourth-order valence-electron chi connectivity index (χ4n) is 6.85. The lowest BCUT2D eigenvalue weighted by Gasteiger charge is -2.39. The van der Waals surface area contributed by atoms with Crippen LogP contribution in [0.3, 0.4) is 0 Å². The Kier molecular flexibility index (Phi) is 9.60. The van der Waals surface area contributed by atoms with E-state index in [2.05, 4.69) is 18.1 Å². The van der Waals surface area contributed by atoms with E-state index in [1.54, 1.807) is 45.5 Å². The molecule has 4 fully saturated rings. The number of rotatable bonds is 13. The minimum atomic E-state index is -0.710. The molecule has 0 aromatic carbocycles. The van der Waals surface area contributed by atoms with Gasteiger partial charge in [0.1, 0.15) is 6.04 Å². The summed E-state index contributed by atoms with van der Waals surface area (Å²) < 4.78 is 4.80. The molecule has 0 aliphatic carbocycles. The highest BCUT2D eigenvalue weighted by atomic mass is 32.2. The first-order valence-corrected chi connectivity index (χ1v) is 14.9. The molecule has 0 aromatic heterocycles. The van der Waals surface area contributed by atoms with Crippen LogP contribution in [-0.2, 0) is 19.1 Å². The largest absolute Gasteiger partial charge is 0.394 e. The average Bonchev–Trinajstić information content (AvgIpc) is 3.57. The van der Waals surface area contributed by atoms with E-state index in [0.29, 0.717) is 45.8 Å². The molecule has 4 rings (SSSR count). The second-order valence-electron chi connectivity index (χ2n) is 10.9. The van der Waals surface area contributed by atoms with Crippen molar-refractivity contribution in [1.29, 1.82) is 0 Å². The van der Waals surface area contributed by atoms with Gasteiger partial charge in [0.15, 0.2) is 0 Å². The minimum absolute atomic E-state index is 0.0101. The second-order valence-corrected chi connectivity index (χ2v) is 12.5. The quantitative estimate of drug-likeness (QED) is 0.346. The summed E-state index contributed by atoms with van der Waals surface area (Å²) in [6.07, 6.45) is 5.80. The van der Waals surface area contributed by atoms with Gasteiger partial charge < -0.3 is 24.5 Å². The lowest BCUT2D eigenvalue weighted by molar-refractivity contribution is -0.146. The van der Waals surface area contributed by atoms with Gasteiger partial charge in [0.25, 0.3) is 0 Å². The van der Waals surface area contributed by atoms with Crippen LogP contribution in [-0.4, -0.2) is 130 Å². The molecule has 0 saturated carbocycles. The SMILES string of the molecule is C=CCN(CCN1CCOCC1)C(=O)C1N([C@H](C)CO)C(=O)[C@@H]2[C@H](C(=O)N(CC=C)CCC)[C@@H]3CCC12S3. The molecule has 38 heavy (non-hydrogen) atoms. The zero-order valence-corrected chi connectivity index (χ0v) is 23.7. The van der Waals surface area contributed by atoms with Crippen molar-refractivity contribution in [3.05, 3.63) is 25.3 Å². The van der Waals surface area contributed by atoms with E-state index in [-0.39, 0.29) is 29.6 Å². The molecule has 4 aliphatic rings. The number of aliphatic hydroxyl groups excluding tert-OH is 1. The van der Waals surface area contributed by atoms with E-state index >= 15 is 0 Å². The molecule has 9 nitrogen and oxygen atoms in total. The van der Waals surface area contributed by atoms with Crippen LogP contribution in [0.1, 0.15) is 33.1 Å². The molecule has 10 heteroatoms. The summed E-state index contributed by atoms with van der Waals surface area (Å²) in [6.45, 7) is 17.0. The van der Waals surface area contributed by atoms with E-state index < -0.39 is 28.7 Å². The molecule has 0 aromatic rings. The van der Waals surface area contributed by atoms with Crippen LogP contribution in [0.2, 0.25) is 0 Å². The van der Waals surface area contributed by atoms with E-state index in [1.807, 2.05) is 6.92 Å². The number of amides is 3. The first kappa shape index (κ1) is 29.1. The predicted octanol–water partition coefficient (Wildman–Crippen LogP) is 1.23. The van der Waals surface area contributed by atoms with Gasteiger partial charge in [-0.25, -0.2) is 0 Å². The maximum Gasteiger partial charge on any atom is 0.247 e. The standard InChI is InChI=1S/C28H44N4O5S/c1-5-10-30(11-6-2)25(34)22-21-8-9-28(38-21)23(22)26(35)32(20(4)19-33)24(28)27(36)31(12-7-3)14-13-29-15-17-37-18-16-29/h5,7,20-24,33H,1,3,6,8-19H2,2,4H3/t20-,21+,22-,23+,24?,28?/m1/s1. The minimum Gasteiger partial charge on any atom is -0.394 e. The summed E-state index contributed by atoms with van der Waals surface area (Å²) in [5.41, 5.74) is 0. The summed E-state index contributed by atoms with van der Waals surface area (Å²) >= 11 is 1.68. The van der Waals surface area contributed by atoms with Gasteiger partial charge in [-0.1, -0.05) is 19.1 Å². The van der Waals surface area contributed by atoms with Crippen LogP contribution in [0.25, 0.3) is 0 Å². The molecule has 0 radical (unpaired) electrons. The Morgan fingerprint density at radius 2 is 1.84 bits per heavy atom. The van der Waals surface area contributed by atoms with Crippen molar-refractivity contribution in [3.8, 4) is 0 Å². The monoisotopic (exact) mass is 548 g/mol. The summed E-state index contributed by atoms with van der Waals surface area (Å²) in [5, 5.41) is 10.1. The van der Waals surface area contributed by atoms with Gasteiger partial charge in [-0.3, -0.25) is 19.3 Å². The Balaban J connectivity index is 1.65. The Labute approximate surface area is 231 Å². The van der Waals surface area contributed by atoms with Crippen molar-refractivity contribution in [2.45, 2.75) is 55.2 Å². The Bertz CT molecular complexity index is 912. The van der Waals surface area contributed by atoms with Gasteiger partial charge >= 0.3 is 0 Å². The van der Waals surface area contributed by atoms with Crippen molar-refractivity contribution in [3.63, 3.8) is 0 Å². The van der Waals surface area contributed by atoms with Gasteiger partial charge in [0.05, 0.1) is 42.4 Å². The molecule has 2 unspecified atom stereocenters. The highest BCUT2D eigenvalue weighted by Gasteiger charge is 2.74. The lowest BCUT2D eigenvalue weighted by Crippen LogP contribution is -2.58. The van der Waals surface area contributed by atoms with Crippen LogP contribution >= 0.6 is 11.8 Å². The van der Waals surface area contributed by atoms with Crippen LogP contribution in [0, 0.1) is 11.8 Å². The van der Waals surface area contributed by atoms with E-state index in [9.17, 15) is 19.5 Å². The van der Waals surface area contributed by atoms with Gasteiger partial charge in [-0.2, -0.15) is 0 Å². The molecule has 4 saturated heterocycles. The molecule has 6 atom stereocenters. The average molecular weight is 549 g/mol. The lowest BCUT2D eigenvalue weighted by atomic mass is 9.70. The van der Waals surface area contributed by atoms with Crippen molar-refractivity contribution in [2.75, 3.05) is 65.6 Å². The smallest absolute Gasteiger partial charge is 0.247 e. The molecular formula is C28H44N4O5S. The maximum absolute atomic E-state index is 14.4. The van der Waals surface area contributed by atoms with Crippen molar-refractivity contribution in [2.24, 2.45) is 11.8 Å². The molecule has 212 valence electrons. The number of thioether (sulfide) groups is 1. The molecule has 4 heterocycles. The van der Waals surface area contributed by atoms with Crippen molar-refractivity contribution < 1.29 is 24.2 Å². The Morgan fingerprint density at radius 1 is 1.18 bits per heavy atom. The van der Waals surface area contributed by atoms with E-state index in [4.69, 9.17) is 4.74 Å². The number of aliphatic hydroxyl groups is 1. The predicted molar refractivity (Wildman–Crippen MR) is 149 cm³/mol. The maximum atomic E-state index is 14.4. The molecule has 4 aliphatic heterocycles. The first-order chi connectivity index (χ1) is 18.3. The molecular weight excluding hydrogens is 504 g/mol. The van der Waals surface area contributed by atoms with Gasteiger partial charge in [0, 0.05) is 51.1 Å². The molecule has 1 spiro atoms. The summed E-state index contributed by atoms with van der Waals surface area (Å²) in [5.74, 6) is -1.30. The van der Waals surface area contributed by atoms with Crippen LogP contribution in [0.4, 0.5) is 0 Å². The zero-order valence-electron chi connectivity index (χ0n) is 22.9. The van der Waals surface area contributed by atoms with E-state index in [1.165, 1.54) is 0 Å². The van der Waals surface area contributed by atoms with Gasteiger partial charge in [-0.15, -0.1) is 24.9 Å². The fraction of sp³-hybridized carbons (Fsp3) is 0.750. The topological polar surface area (TPSA) is 93.6 Å². The summed E-state index contributed by atoms with van der Waals surface area (Å²) in [4.78, 5) is 49.9. The summed E-state index contributed by atoms with van der Waals surface area (Å²) in [7, 11) is 0. The van der Waals surface area contributed by atoms with Crippen molar-refractivity contribution >= 4 is 29.5 Å². The van der Waals surface area contributed by atoms with Crippen molar-refractivity contribution in [1.82, 2.24) is 19.6 Å². The Morgan fingerprint density at radius 3 is 2.45 bits per heavy atom. The molecule has 2 bridgehead atoms. The molecule has 1 N–H and O–H groups in total. The second kappa shape index (κ2) is 12.5. The highest BCUT2D eigenvalue weighted by Crippen LogP contribution is 2.67. The number of ether oxygens (including phenoxy) is 1. The third-order valence-corrected chi connectivity index (χ3v) is 10.6. The van der Waals surface area contributed by atoms with Crippen LogP contribution in [0.15, 0.2) is 25.3 Å². The highest BCUT2D eigenvalue weighted by molar-refractivity contribution is 8.02. The zero-order chi connectivity index (χ0) is 27.4. The van der Waals surface area contributed by atoms with Gasteiger partial charge in [-0.05, 0) is 26.2 Å². The third kappa shape index (κ3) is 5.17. The first-order valence-electron chi connectivity index (χ1n) is 14.0. The van der Waals surface area contributed by atoms with E-state index in [0.717, 1.165) is 32.5 Å². The number of carbonyl (C=O) groups excluding carboxylic acids is 3. The fourth-order valence-corrected chi connectivity index (χ4v) is 9.04.